The van der Waals surface area contributed by atoms with Crippen LogP contribution >= 0.6 is 0 Å². The average Bonchev–Trinajstić information content (AvgIpc) is 2.77. The van der Waals surface area contributed by atoms with Crippen LogP contribution in [0.15, 0.2) is 54.7 Å². The Morgan fingerprint density at radius 2 is 1.56 bits per heavy atom. The predicted octanol–water partition coefficient (Wildman–Crippen LogP) is 4.31. The second kappa shape index (κ2) is 4.34. The van der Waals surface area contributed by atoms with Crippen LogP contribution in [0.25, 0.3) is 10.9 Å². The summed E-state index contributed by atoms with van der Waals surface area (Å²) in [4.78, 5) is 0. The van der Waals surface area contributed by atoms with Crippen molar-refractivity contribution in [2.45, 2.75) is 20.4 Å². The second-order valence-corrected chi connectivity index (χ2v) is 4.87. The van der Waals surface area contributed by atoms with Gasteiger partial charge in [-0.3, -0.25) is 0 Å². The maximum atomic E-state index is 2.32. The van der Waals surface area contributed by atoms with Crippen LogP contribution in [0.3, 0.4) is 0 Å². The first-order valence-electron chi connectivity index (χ1n) is 6.34. The highest BCUT2D eigenvalue weighted by Crippen LogP contribution is 2.20. The first-order valence-corrected chi connectivity index (χ1v) is 6.34. The Kier molecular flexibility index (Phi) is 2.67. The zero-order chi connectivity index (χ0) is 12.5. The van der Waals surface area contributed by atoms with Gasteiger partial charge in [0, 0.05) is 18.3 Å². The summed E-state index contributed by atoms with van der Waals surface area (Å²) in [5.41, 5.74) is 5.47. The van der Waals surface area contributed by atoms with Gasteiger partial charge in [0.1, 0.15) is 0 Å². The summed E-state index contributed by atoms with van der Waals surface area (Å²) < 4.78 is 2.32. The number of fused-ring (bicyclic) bond motifs is 1. The van der Waals surface area contributed by atoms with Crippen molar-refractivity contribution < 1.29 is 0 Å². The van der Waals surface area contributed by atoms with E-state index in [0.29, 0.717) is 0 Å². The molecule has 0 radical (unpaired) electrons. The number of para-hydroxylation sites is 1. The summed E-state index contributed by atoms with van der Waals surface area (Å²) in [7, 11) is 0. The van der Waals surface area contributed by atoms with Gasteiger partial charge in [0.2, 0.25) is 0 Å². The highest BCUT2D eigenvalue weighted by Gasteiger charge is 2.05. The number of nitrogens with zero attached hydrogens (tertiary/aromatic N) is 1. The zero-order valence-electron chi connectivity index (χ0n) is 10.9. The molecule has 0 amide bonds. The minimum atomic E-state index is 0.950. The average molecular weight is 235 g/mol. The number of hydrogen-bond acceptors (Lipinski definition) is 0. The molecule has 0 aliphatic heterocycles. The lowest BCUT2D eigenvalue weighted by atomic mass is 10.0. The standard InChI is InChI=1S/C17H17N/c1-13-6-5-7-14(2)16(13)12-18-11-10-15-8-3-4-9-17(15)18/h3-11H,12H2,1-2H3. The predicted molar refractivity (Wildman–Crippen MR) is 77.0 cm³/mol. The Bertz CT molecular complexity index is 671. The van der Waals surface area contributed by atoms with Crippen LogP contribution in [-0.4, -0.2) is 4.57 Å². The topological polar surface area (TPSA) is 4.93 Å². The fraction of sp³-hybridized carbons (Fsp3) is 0.176. The number of aromatic nitrogens is 1. The van der Waals surface area contributed by atoms with Crippen LogP contribution in [-0.2, 0) is 6.54 Å². The molecule has 0 aliphatic rings. The third kappa shape index (κ3) is 1.82. The maximum Gasteiger partial charge on any atom is 0.0483 e. The monoisotopic (exact) mass is 235 g/mol. The van der Waals surface area contributed by atoms with E-state index in [1.54, 1.807) is 0 Å². The van der Waals surface area contributed by atoms with E-state index in [0.717, 1.165) is 6.54 Å². The molecule has 0 unspecified atom stereocenters. The molecule has 0 spiro atoms. The fourth-order valence-electron chi connectivity index (χ4n) is 2.55. The molecule has 0 bridgehead atoms. The molecule has 0 aliphatic carbocycles. The Morgan fingerprint density at radius 3 is 2.33 bits per heavy atom. The quantitative estimate of drug-likeness (QED) is 0.624. The second-order valence-electron chi connectivity index (χ2n) is 4.87. The summed E-state index contributed by atoms with van der Waals surface area (Å²) in [5, 5.41) is 1.31. The Balaban J connectivity index is 2.07. The van der Waals surface area contributed by atoms with Crippen molar-refractivity contribution >= 4 is 10.9 Å². The summed E-state index contributed by atoms with van der Waals surface area (Å²) in [5.74, 6) is 0. The highest BCUT2D eigenvalue weighted by atomic mass is 14.9. The van der Waals surface area contributed by atoms with Crippen LogP contribution in [0.1, 0.15) is 16.7 Å². The summed E-state index contributed by atoms with van der Waals surface area (Å²) in [6.07, 6.45) is 2.18. The van der Waals surface area contributed by atoms with Gasteiger partial charge in [0.15, 0.2) is 0 Å². The van der Waals surface area contributed by atoms with Crippen molar-refractivity contribution in [2.75, 3.05) is 0 Å². The van der Waals surface area contributed by atoms with E-state index in [9.17, 15) is 0 Å². The molecule has 0 N–H and O–H groups in total. The molecule has 1 nitrogen and oxygen atoms in total. The van der Waals surface area contributed by atoms with Gasteiger partial charge in [-0.1, -0.05) is 36.4 Å². The minimum Gasteiger partial charge on any atom is -0.343 e. The van der Waals surface area contributed by atoms with Gasteiger partial charge in [-0.15, -0.1) is 0 Å². The van der Waals surface area contributed by atoms with Crippen LogP contribution in [0.2, 0.25) is 0 Å². The van der Waals surface area contributed by atoms with E-state index in [1.165, 1.54) is 27.6 Å². The van der Waals surface area contributed by atoms with Gasteiger partial charge < -0.3 is 4.57 Å². The zero-order valence-corrected chi connectivity index (χ0v) is 10.9. The molecule has 18 heavy (non-hydrogen) atoms. The lowest BCUT2D eigenvalue weighted by molar-refractivity contribution is 0.824. The van der Waals surface area contributed by atoms with Crippen molar-refractivity contribution in [1.29, 1.82) is 0 Å². The van der Waals surface area contributed by atoms with Crippen LogP contribution in [0.5, 0.6) is 0 Å². The molecule has 3 aromatic rings. The summed E-state index contributed by atoms with van der Waals surface area (Å²) >= 11 is 0. The van der Waals surface area contributed by atoms with E-state index >= 15 is 0 Å². The van der Waals surface area contributed by atoms with E-state index in [-0.39, 0.29) is 0 Å². The number of benzene rings is 2. The molecule has 0 fully saturated rings. The first kappa shape index (κ1) is 11.1. The molecule has 1 heterocycles. The van der Waals surface area contributed by atoms with Crippen molar-refractivity contribution in [2.24, 2.45) is 0 Å². The van der Waals surface area contributed by atoms with E-state index in [2.05, 4.69) is 73.1 Å². The Morgan fingerprint density at radius 1 is 0.833 bits per heavy atom. The molecule has 0 atom stereocenters. The Hall–Kier alpha value is -2.02. The number of rotatable bonds is 2. The van der Waals surface area contributed by atoms with Crippen LogP contribution < -0.4 is 0 Å². The van der Waals surface area contributed by atoms with E-state index in [1.807, 2.05) is 0 Å². The highest BCUT2D eigenvalue weighted by molar-refractivity contribution is 5.80. The van der Waals surface area contributed by atoms with E-state index in [4.69, 9.17) is 0 Å². The van der Waals surface area contributed by atoms with Gasteiger partial charge in [0.25, 0.3) is 0 Å². The Labute approximate surface area is 108 Å². The van der Waals surface area contributed by atoms with E-state index < -0.39 is 0 Å². The van der Waals surface area contributed by atoms with Crippen molar-refractivity contribution in [3.8, 4) is 0 Å². The molecular formula is C17H17N. The summed E-state index contributed by atoms with van der Waals surface area (Å²) in [6, 6.07) is 17.2. The van der Waals surface area contributed by atoms with Gasteiger partial charge in [-0.05, 0) is 48.1 Å². The molecule has 1 aromatic heterocycles. The smallest absolute Gasteiger partial charge is 0.0483 e. The molecule has 2 aromatic carbocycles. The van der Waals surface area contributed by atoms with Crippen LogP contribution in [0, 0.1) is 13.8 Å². The maximum absolute atomic E-state index is 2.32. The van der Waals surface area contributed by atoms with Crippen LogP contribution in [0.4, 0.5) is 0 Å². The SMILES string of the molecule is Cc1cccc(C)c1Cn1ccc2ccccc21. The lowest BCUT2D eigenvalue weighted by Gasteiger charge is -2.11. The summed E-state index contributed by atoms with van der Waals surface area (Å²) in [6.45, 7) is 5.33. The van der Waals surface area contributed by atoms with Crippen molar-refractivity contribution in [3.05, 3.63) is 71.4 Å². The molecule has 0 saturated carbocycles. The van der Waals surface area contributed by atoms with Gasteiger partial charge in [0.05, 0.1) is 0 Å². The molecule has 0 saturated heterocycles. The van der Waals surface area contributed by atoms with Gasteiger partial charge >= 0.3 is 0 Å². The minimum absolute atomic E-state index is 0.950. The molecule has 3 rings (SSSR count). The third-order valence-electron chi connectivity index (χ3n) is 3.65. The fourth-order valence-corrected chi connectivity index (χ4v) is 2.55. The lowest BCUT2D eigenvalue weighted by Crippen LogP contribution is -2.02. The number of hydrogen-bond donors (Lipinski definition) is 0. The molecule has 90 valence electrons. The molecular weight excluding hydrogens is 218 g/mol. The van der Waals surface area contributed by atoms with Gasteiger partial charge in [-0.2, -0.15) is 0 Å². The van der Waals surface area contributed by atoms with Gasteiger partial charge in [-0.25, -0.2) is 0 Å². The first-order chi connectivity index (χ1) is 8.75. The van der Waals surface area contributed by atoms with Crippen molar-refractivity contribution in [1.82, 2.24) is 4.57 Å². The largest absolute Gasteiger partial charge is 0.343 e. The third-order valence-corrected chi connectivity index (χ3v) is 3.65. The molecule has 1 heteroatoms. The van der Waals surface area contributed by atoms with Crippen molar-refractivity contribution in [3.63, 3.8) is 0 Å². The normalized spacial score (nSPS) is 11.0. The number of aryl methyl sites for hydroxylation is 2.